The Morgan fingerprint density at radius 1 is 1.30 bits per heavy atom. The summed E-state index contributed by atoms with van der Waals surface area (Å²) >= 11 is 1.67. The predicted octanol–water partition coefficient (Wildman–Crippen LogP) is 4.33. The summed E-state index contributed by atoms with van der Waals surface area (Å²) in [5.41, 5.74) is 3.84. The van der Waals surface area contributed by atoms with Gasteiger partial charge in [-0.15, -0.1) is 11.3 Å². The van der Waals surface area contributed by atoms with Gasteiger partial charge in [-0.05, 0) is 25.1 Å². The highest BCUT2D eigenvalue weighted by molar-refractivity contribution is 7.09. The standard InChI is InChI=1S/C15H17N3OS/c1-9(2)15-18-12-6-11(4-5-13(12)19-15)16-7-14-17-10(3)8-20-14/h4-6,8-9,16H,7H2,1-3H3. The summed E-state index contributed by atoms with van der Waals surface area (Å²) in [5.74, 6) is 1.09. The van der Waals surface area contributed by atoms with Gasteiger partial charge < -0.3 is 9.73 Å². The number of benzene rings is 1. The van der Waals surface area contributed by atoms with Crippen molar-refractivity contribution in [2.45, 2.75) is 33.2 Å². The number of thiazole rings is 1. The molecule has 3 aromatic rings. The van der Waals surface area contributed by atoms with Crippen molar-refractivity contribution in [3.05, 3.63) is 40.2 Å². The Morgan fingerprint density at radius 2 is 2.15 bits per heavy atom. The maximum atomic E-state index is 5.70. The minimum atomic E-state index is 0.303. The van der Waals surface area contributed by atoms with Crippen LogP contribution >= 0.6 is 11.3 Å². The van der Waals surface area contributed by atoms with Crippen molar-refractivity contribution in [2.24, 2.45) is 0 Å². The molecule has 0 bridgehead atoms. The average Bonchev–Trinajstić information content (AvgIpc) is 3.01. The molecule has 0 aliphatic heterocycles. The number of oxazole rings is 1. The van der Waals surface area contributed by atoms with Crippen LogP contribution in [0.4, 0.5) is 5.69 Å². The zero-order chi connectivity index (χ0) is 14.1. The van der Waals surface area contributed by atoms with E-state index in [1.54, 1.807) is 11.3 Å². The molecule has 20 heavy (non-hydrogen) atoms. The van der Waals surface area contributed by atoms with Crippen molar-refractivity contribution < 1.29 is 4.42 Å². The van der Waals surface area contributed by atoms with E-state index in [2.05, 4.69) is 34.5 Å². The lowest BCUT2D eigenvalue weighted by atomic mass is 10.2. The van der Waals surface area contributed by atoms with E-state index >= 15 is 0 Å². The fourth-order valence-electron chi connectivity index (χ4n) is 1.96. The number of aromatic nitrogens is 2. The highest BCUT2D eigenvalue weighted by atomic mass is 32.1. The Bertz CT molecular complexity index is 730. The number of aryl methyl sites for hydroxylation is 1. The summed E-state index contributed by atoms with van der Waals surface area (Å²) in [6.45, 7) is 6.90. The van der Waals surface area contributed by atoms with Crippen LogP contribution in [0.2, 0.25) is 0 Å². The molecule has 0 aliphatic rings. The molecule has 4 nitrogen and oxygen atoms in total. The summed E-state index contributed by atoms with van der Waals surface area (Å²) < 4.78 is 5.70. The van der Waals surface area contributed by atoms with Gasteiger partial charge in [0.05, 0.1) is 6.54 Å². The molecule has 0 fully saturated rings. The molecule has 0 spiro atoms. The van der Waals surface area contributed by atoms with Crippen molar-refractivity contribution in [1.29, 1.82) is 0 Å². The van der Waals surface area contributed by atoms with Gasteiger partial charge in [-0.3, -0.25) is 0 Å². The van der Waals surface area contributed by atoms with Gasteiger partial charge in [0.25, 0.3) is 0 Å². The molecule has 0 atom stereocenters. The lowest BCUT2D eigenvalue weighted by molar-refractivity contribution is 0.501. The fraction of sp³-hybridized carbons (Fsp3) is 0.333. The summed E-state index contributed by atoms with van der Waals surface area (Å²) in [6.07, 6.45) is 0. The molecule has 2 heterocycles. The number of hydrogen-bond donors (Lipinski definition) is 1. The van der Waals surface area contributed by atoms with Crippen LogP contribution in [0, 0.1) is 6.92 Å². The van der Waals surface area contributed by atoms with E-state index in [-0.39, 0.29) is 0 Å². The predicted molar refractivity (Wildman–Crippen MR) is 82.3 cm³/mol. The van der Waals surface area contributed by atoms with Crippen LogP contribution in [0.3, 0.4) is 0 Å². The van der Waals surface area contributed by atoms with Gasteiger partial charge in [-0.1, -0.05) is 13.8 Å². The molecule has 0 saturated heterocycles. The van der Waals surface area contributed by atoms with Gasteiger partial charge in [0.1, 0.15) is 10.5 Å². The van der Waals surface area contributed by atoms with Gasteiger partial charge in [0, 0.05) is 22.7 Å². The largest absolute Gasteiger partial charge is 0.440 e. The monoisotopic (exact) mass is 287 g/mol. The molecule has 3 rings (SSSR count). The Balaban J connectivity index is 1.78. The molecule has 0 unspecified atom stereocenters. The Labute approximate surface area is 121 Å². The lowest BCUT2D eigenvalue weighted by Crippen LogP contribution is -1.98. The Hall–Kier alpha value is -1.88. The molecule has 0 saturated carbocycles. The van der Waals surface area contributed by atoms with E-state index in [0.29, 0.717) is 5.92 Å². The van der Waals surface area contributed by atoms with Crippen LogP contribution in [-0.4, -0.2) is 9.97 Å². The SMILES string of the molecule is Cc1csc(CNc2ccc3oc(C(C)C)nc3c2)n1. The number of anilines is 1. The smallest absolute Gasteiger partial charge is 0.198 e. The van der Waals surface area contributed by atoms with Crippen molar-refractivity contribution >= 4 is 28.1 Å². The molecule has 0 aliphatic carbocycles. The highest BCUT2D eigenvalue weighted by Gasteiger charge is 2.09. The maximum absolute atomic E-state index is 5.70. The second-order valence-electron chi connectivity index (χ2n) is 5.13. The molecule has 104 valence electrons. The topological polar surface area (TPSA) is 51.0 Å². The van der Waals surface area contributed by atoms with Gasteiger partial charge in [-0.25, -0.2) is 9.97 Å². The van der Waals surface area contributed by atoms with Crippen LogP contribution in [0.15, 0.2) is 28.0 Å². The molecule has 5 heteroatoms. The van der Waals surface area contributed by atoms with Crippen LogP contribution in [0.5, 0.6) is 0 Å². The lowest BCUT2D eigenvalue weighted by Gasteiger charge is -2.03. The summed E-state index contributed by atoms with van der Waals surface area (Å²) in [7, 11) is 0. The molecule has 1 N–H and O–H groups in total. The first-order valence-electron chi connectivity index (χ1n) is 6.67. The number of hydrogen-bond acceptors (Lipinski definition) is 5. The van der Waals surface area contributed by atoms with E-state index in [9.17, 15) is 0 Å². The van der Waals surface area contributed by atoms with E-state index in [0.717, 1.165) is 39.9 Å². The number of fused-ring (bicyclic) bond motifs is 1. The summed E-state index contributed by atoms with van der Waals surface area (Å²) in [6, 6.07) is 5.99. The second kappa shape index (κ2) is 5.25. The molecule has 0 radical (unpaired) electrons. The first kappa shape index (κ1) is 13.1. The average molecular weight is 287 g/mol. The number of rotatable bonds is 4. The third kappa shape index (κ3) is 2.67. The normalized spacial score (nSPS) is 11.4. The first-order valence-corrected chi connectivity index (χ1v) is 7.55. The third-order valence-electron chi connectivity index (χ3n) is 3.01. The minimum absolute atomic E-state index is 0.303. The van der Waals surface area contributed by atoms with Crippen molar-refractivity contribution in [1.82, 2.24) is 9.97 Å². The van der Waals surface area contributed by atoms with Crippen LogP contribution in [0.25, 0.3) is 11.1 Å². The van der Waals surface area contributed by atoms with Crippen molar-refractivity contribution in [3.63, 3.8) is 0 Å². The molecule has 1 aromatic carbocycles. The van der Waals surface area contributed by atoms with Crippen molar-refractivity contribution in [2.75, 3.05) is 5.32 Å². The fourth-order valence-corrected chi connectivity index (χ4v) is 2.68. The quantitative estimate of drug-likeness (QED) is 0.776. The molecule has 2 aromatic heterocycles. The van der Waals surface area contributed by atoms with Crippen LogP contribution < -0.4 is 5.32 Å². The highest BCUT2D eigenvalue weighted by Crippen LogP contribution is 2.24. The number of nitrogens with one attached hydrogen (secondary N) is 1. The zero-order valence-electron chi connectivity index (χ0n) is 11.8. The molecular formula is C15H17N3OS. The Morgan fingerprint density at radius 3 is 2.85 bits per heavy atom. The third-order valence-corrected chi connectivity index (χ3v) is 3.97. The van der Waals surface area contributed by atoms with E-state index < -0.39 is 0 Å². The molecule has 0 amide bonds. The minimum Gasteiger partial charge on any atom is -0.440 e. The van der Waals surface area contributed by atoms with Gasteiger partial charge >= 0.3 is 0 Å². The van der Waals surface area contributed by atoms with Crippen molar-refractivity contribution in [3.8, 4) is 0 Å². The van der Waals surface area contributed by atoms with Crippen LogP contribution in [-0.2, 0) is 6.54 Å². The zero-order valence-corrected chi connectivity index (χ0v) is 12.6. The van der Waals surface area contributed by atoms with Crippen LogP contribution in [0.1, 0.15) is 36.4 Å². The van der Waals surface area contributed by atoms with E-state index in [1.807, 2.05) is 25.1 Å². The van der Waals surface area contributed by atoms with Gasteiger partial charge in [0.2, 0.25) is 0 Å². The van der Waals surface area contributed by atoms with E-state index in [4.69, 9.17) is 4.42 Å². The first-order chi connectivity index (χ1) is 9.61. The van der Waals surface area contributed by atoms with E-state index in [1.165, 1.54) is 0 Å². The number of nitrogens with zero attached hydrogens (tertiary/aromatic N) is 2. The second-order valence-corrected chi connectivity index (χ2v) is 6.07. The van der Waals surface area contributed by atoms with Gasteiger partial charge in [0.15, 0.2) is 11.5 Å². The maximum Gasteiger partial charge on any atom is 0.198 e. The summed E-state index contributed by atoms with van der Waals surface area (Å²) in [5, 5.41) is 6.52. The summed E-state index contributed by atoms with van der Waals surface area (Å²) in [4.78, 5) is 8.95. The van der Waals surface area contributed by atoms with Gasteiger partial charge in [-0.2, -0.15) is 0 Å². The molecular weight excluding hydrogens is 270 g/mol. The Kier molecular flexibility index (Phi) is 3.44.